The number of ether oxygens (including phenoxy) is 1. The third-order valence-corrected chi connectivity index (χ3v) is 2.39. The molecule has 0 fully saturated rings. The van der Waals surface area contributed by atoms with Crippen LogP contribution in [0.25, 0.3) is 0 Å². The molecular formula is C12H10ClNO2. The molecule has 3 nitrogen and oxygen atoms in total. The number of aliphatic hydroxyl groups excluding tert-OH is 1. The van der Waals surface area contributed by atoms with E-state index >= 15 is 0 Å². The fourth-order valence-corrected chi connectivity index (χ4v) is 1.41. The Kier molecular flexibility index (Phi) is 3.39. The molecule has 0 atom stereocenters. The van der Waals surface area contributed by atoms with Crippen molar-refractivity contribution in [2.45, 2.75) is 6.61 Å². The zero-order chi connectivity index (χ0) is 11.4. The Morgan fingerprint density at radius 3 is 2.69 bits per heavy atom. The lowest BCUT2D eigenvalue weighted by atomic mass is 10.3. The highest BCUT2D eigenvalue weighted by molar-refractivity contribution is 6.31. The number of hydrogen-bond donors (Lipinski definition) is 1. The summed E-state index contributed by atoms with van der Waals surface area (Å²) in [6.07, 6.45) is 1.46. The van der Waals surface area contributed by atoms with E-state index in [-0.39, 0.29) is 6.61 Å². The first-order chi connectivity index (χ1) is 7.79. The predicted octanol–water partition coefficient (Wildman–Crippen LogP) is 3.02. The molecule has 2 rings (SSSR count). The van der Waals surface area contributed by atoms with Crippen LogP contribution in [0.2, 0.25) is 5.02 Å². The van der Waals surface area contributed by atoms with Gasteiger partial charge in [-0.05, 0) is 12.1 Å². The molecule has 0 aliphatic carbocycles. The number of benzene rings is 1. The van der Waals surface area contributed by atoms with Crippen molar-refractivity contribution < 1.29 is 9.84 Å². The average molecular weight is 236 g/mol. The maximum Gasteiger partial charge on any atom is 0.219 e. The summed E-state index contributed by atoms with van der Waals surface area (Å²) < 4.78 is 5.49. The van der Waals surface area contributed by atoms with Crippen molar-refractivity contribution in [1.29, 1.82) is 0 Å². The van der Waals surface area contributed by atoms with Gasteiger partial charge in [0.1, 0.15) is 5.75 Å². The number of halogens is 1. The van der Waals surface area contributed by atoms with Crippen molar-refractivity contribution >= 4 is 11.6 Å². The molecule has 1 aromatic carbocycles. The van der Waals surface area contributed by atoms with Crippen molar-refractivity contribution in [2.75, 3.05) is 0 Å². The highest BCUT2D eigenvalue weighted by Crippen LogP contribution is 2.23. The Morgan fingerprint density at radius 1 is 1.25 bits per heavy atom. The van der Waals surface area contributed by atoms with Crippen molar-refractivity contribution in [3.63, 3.8) is 0 Å². The van der Waals surface area contributed by atoms with E-state index in [0.717, 1.165) is 0 Å². The van der Waals surface area contributed by atoms with E-state index in [1.165, 1.54) is 6.20 Å². The maximum absolute atomic E-state index is 9.04. The predicted molar refractivity (Wildman–Crippen MR) is 61.7 cm³/mol. The minimum atomic E-state index is -0.132. The molecule has 0 aliphatic heterocycles. The largest absolute Gasteiger partial charge is 0.439 e. The van der Waals surface area contributed by atoms with Gasteiger partial charge in [0.15, 0.2) is 0 Å². The van der Waals surface area contributed by atoms with E-state index in [2.05, 4.69) is 4.98 Å². The van der Waals surface area contributed by atoms with Crippen LogP contribution in [0.15, 0.2) is 42.6 Å². The Hall–Kier alpha value is -1.58. The minimum absolute atomic E-state index is 0.132. The molecular weight excluding hydrogens is 226 g/mol. The van der Waals surface area contributed by atoms with Crippen LogP contribution in [-0.4, -0.2) is 10.1 Å². The fourth-order valence-electron chi connectivity index (χ4n) is 1.24. The van der Waals surface area contributed by atoms with E-state index < -0.39 is 0 Å². The summed E-state index contributed by atoms with van der Waals surface area (Å²) in [5, 5.41) is 9.47. The molecule has 0 amide bonds. The van der Waals surface area contributed by atoms with Crippen LogP contribution >= 0.6 is 11.6 Å². The van der Waals surface area contributed by atoms with Gasteiger partial charge >= 0.3 is 0 Å². The van der Waals surface area contributed by atoms with Crippen LogP contribution in [-0.2, 0) is 6.61 Å². The molecule has 1 heterocycles. The van der Waals surface area contributed by atoms with E-state index in [9.17, 15) is 0 Å². The monoisotopic (exact) mass is 235 g/mol. The van der Waals surface area contributed by atoms with Gasteiger partial charge in [-0.15, -0.1) is 0 Å². The summed E-state index contributed by atoms with van der Waals surface area (Å²) >= 11 is 5.82. The van der Waals surface area contributed by atoms with Gasteiger partial charge in [0, 0.05) is 17.8 Å². The molecule has 0 saturated carbocycles. The van der Waals surface area contributed by atoms with Crippen LogP contribution in [0.4, 0.5) is 0 Å². The molecule has 0 radical (unpaired) electrons. The van der Waals surface area contributed by atoms with Gasteiger partial charge < -0.3 is 9.84 Å². The van der Waals surface area contributed by atoms with Crippen molar-refractivity contribution in [3.8, 4) is 11.6 Å². The zero-order valence-electron chi connectivity index (χ0n) is 8.43. The highest BCUT2D eigenvalue weighted by atomic mass is 35.5. The topological polar surface area (TPSA) is 42.4 Å². The number of rotatable bonds is 3. The smallest absolute Gasteiger partial charge is 0.219 e. The summed E-state index contributed by atoms with van der Waals surface area (Å²) in [5.41, 5.74) is 0.600. The van der Waals surface area contributed by atoms with Gasteiger partial charge in [0.05, 0.1) is 11.6 Å². The number of nitrogens with zero attached hydrogens (tertiary/aromatic N) is 1. The average Bonchev–Trinajstić information content (AvgIpc) is 2.33. The molecule has 0 aliphatic rings. The molecule has 2 aromatic rings. The second-order valence-electron chi connectivity index (χ2n) is 3.19. The SMILES string of the molecule is OCc1cc(Oc2ccccc2)ncc1Cl. The fraction of sp³-hybridized carbons (Fsp3) is 0.0833. The normalized spacial score (nSPS) is 10.1. The van der Waals surface area contributed by atoms with Crippen molar-refractivity contribution in [3.05, 3.63) is 53.2 Å². The Bertz CT molecular complexity index is 474. The molecule has 0 spiro atoms. The molecule has 0 bridgehead atoms. The summed E-state index contributed by atoms with van der Waals surface area (Å²) in [4.78, 5) is 4.02. The molecule has 1 aromatic heterocycles. The first-order valence-electron chi connectivity index (χ1n) is 4.78. The van der Waals surface area contributed by atoms with Gasteiger partial charge in [-0.1, -0.05) is 29.8 Å². The van der Waals surface area contributed by atoms with E-state index in [0.29, 0.717) is 22.2 Å². The zero-order valence-corrected chi connectivity index (χ0v) is 9.19. The number of pyridine rings is 1. The van der Waals surface area contributed by atoms with Gasteiger partial charge in [-0.25, -0.2) is 4.98 Å². The first-order valence-corrected chi connectivity index (χ1v) is 5.15. The van der Waals surface area contributed by atoms with E-state index in [1.807, 2.05) is 30.3 Å². The van der Waals surface area contributed by atoms with Crippen LogP contribution < -0.4 is 4.74 Å². The molecule has 0 saturated heterocycles. The second-order valence-corrected chi connectivity index (χ2v) is 3.59. The van der Waals surface area contributed by atoms with Crippen LogP contribution in [0.1, 0.15) is 5.56 Å². The standard InChI is InChI=1S/C12H10ClNO2/c13-11-7-14-12(6-9(11)8-15)16-10-4-2-1-3-5-10/h1-7,15H,8H2. The first kappa shape index (κ1) is 10.9. The van der Waals surface area contributed by atoms with Crippen molar-refractivity contribution in [1.82, 2.24) is 4.98 Å². The van der Waals surface area contributed by atoms with Crippen LogP contribution in [0.5, 0.6) is 11.6 Å². The Morgan fingerprint density at radius 2 is 2.00 bits per heavy atom. The third-order valence-electron chi connectivity index (χ3n) is 2.05. The second kappa shape index (κ2) is 4.96. The number of hydrogen-bond acceptors (Lipinski definition) is 3. The van der Waals surface area contributed by atoms with Gasteiger partial charge in [-0.2, -0.15) is 0 Å². The van der Waals surface area contributed by atoms with Gasteiger partial charge in [0.2, 0.25) is 5.88 Å². The number of aromatic nitrogens is 1. The maximum atomic E-state index is 9.04. The molecule has 4 heteroatoms. The lowest BCUT2D eigenvalue weighted by Gasteiger charge is -2.06. The van der Waals surface area contributed by atoms with E-state index in [1.54, 1.807) is 6.07 Å². The lowest BCUT2D eigenvalue weighted by molar-refractivity contribution is 0.281. The number of aliphatic hydroxyl groups is 1. The van der Waals surface area contributed by atoms with Crippen molar-refractivity contribution in [2.24, 2.45) is 0 Å². The minimum Gasteiger partial charge on any atom is -0.439 e. The molecule has 82 valence electrons. The van der Waals surface area contributed by atoms with Gasteiger partial charge in [-0.3, -0.25) is 0 Å². The summed E-state index contributed by atoms with van der Waals surface area (Å²) in [7, 11) is 0. The third kappa shape index (κ3) is 2.51. The molecule has 0 unspecified atom stereocenters. The summed E-state index contributed by atoms with van der Waals surface area (Å²) in [6.45, 7) is -0.132. The highest BCUT2D eigenvalue weighted by Gasteiger charge is 2.03. The Labute approximate surface area is 98.3 Å². The molecule has 16 heavy (non-hydrogen) atoms. The van der Waals surface area contributed by atoms with Crippen LogP contribution in [0, 0.1) is 0 Å². The lowest BCUT2D eigenvalue weighted by Crippen LogP contribution is -1.91. The van der Waals surface area contributed by atoms with E-state index in [4.69, 9.17) is 21.4 Å². The summed E-state index contributed by atoms with van der Waals surface area (Å²) in [5.74, 6) is 1.11. The Balaban J connectivity index is 2.22. The molecule has 1 N–H and O–H groups in total. The van der Waals surface area contributed by atoms with Crippen LogP contribution in [0.3, 0.4) is 0 Å². The number of para-hydroxylation sites is 1. The van der Waals surface area contributed by atoms with Gasteiger partial charge in [0.25, 0.3) is 0 Å². The quantitative estimate of drug-likeness (QED) is 0.889. The summed E-state index contributed by atoms with van der Waals surface area (Å²) in [6, 6.07) is 10.9.